The second kappa shape index (κ2) is 5.72. The SMILES string of the molecule is CNCCOc1ccc(C(N)=O)c(C(F)(F)F)c1. The van der Waals surface area contributed by atoms with Crippen LogP contribution in [0, 0.1) is 0 Å². The number of amides is 1. The number of benzene rings is 1. The largest absolute Gasteiger partial charge is 0.492 e. The predicted molar refractivity (Wildman–Crippen MR) is 59.4 cm³/mol. The van der Waals surface area contributed by atoms with Gasteiger partial charge in [0.05, 0.1) is 11.1 Å². The van der Waals surface area contributed by atoms with E-state index in [1.807, 2.05) is 0 Å². The summed E-state index contributed by atoms with van der Waals surface area (Å²) in [6.45, 7) is 0.725. The highest BCUT2D eigenvalue weighted by molar-refractivity contribution is 5.94. The number of alkyl halides is 3. The van der Waals surface area contributed by atoms with E-state index in [1.54, 1.807) is 7.05 Å². The van der Waals surface area contributed by atoms with Crippen molar-refractivity contribution < 1.29 is 22.7 Å². The van der Waals surface area contributed by atoms with Crippen LogP contribution in [0.5, 0.6) is 5.75 Å². The Hall–Kier alpha value is -1.76. The van der Waals surface area contributed by atoms with Gasteiger partial charge in [0.25, 0.3) is 0 Å². The molecule has 0 saturated carbocycles. The first-order valence-electron chi connectivity index (χ1n) is 5.14. The average Bonchev–Trinajstić information content (AvgIpc) is 2.28. The van der Waals surface area contributed by atoms with E-state index < -0.39 is 23.2 Å². The molecule has 0 unspecified atom stereocenters. The van der Waals surface area contributed by atoms with E-state index in [4.69, 9.17) is 10.5 Å². The zero-order chi connectivity index (χ0) is 13.8. The molecule has 0 aliphatic heterocycles. The zero-order valence-corrected chi connectivity index (χ0v) is 9.67. The molecular formula is C11H13F3N2O2. The maximum Gasteiger partial charge on any atom is 0.417 e. The lowest BCUT2D eigenvalue weighted by atomic mass is 10.1. The number of primary amides is 1. The number of ether oxygens (including phenoxy) is 1. The Morgan fingerprint density at radius 3 is 2.61 bits per heavy atom. The van der Waals surface area contributed by atoms with Crippen molar-refractivity contribution >= 4 is 5.91 Å². The first-order valence-corrected chi connectivity index (χ1v) is 5.14. The summed E-state index contributed by atoms with van der Waals surface area (Å²) >= 11 is 0. The van der Waals surface area contributed by atoms with Crippen LogP contribution in [0.15, 0.2) is 18.2 Å². The van der Waals surface area contributed by atoms with Gasteiger partial charge in [-0.15, -0.1) is 0 Å². The molecule has 1 amide bonds. The molecule has 18 heavy (non-hydrogen) atoms. The van der Waals surface area contributed by atoms with E-state index in [0.29, 0.717) is 6.54 Å². The summed E-state index contributed by atoms with van der Waals surface area (Å²) < 4.78 is 43.2. The average molecular weight is 262 g/mol. The molecular weight excluding hydrogens is 249 g/mol. The molecule has 0 atom stereocenters. The maximum absolute atomic E-state index is 12.7. The summed E-state index contributed by atoms with van der Waals surface area (Å²) in [5, 5.41) is 2.79. The quantitative estimate of drug-likeness (QED) is 0.788. The van der Waals surface area contributed by atoms with Gasteiger partial charge in [0, 0.05) is 6.54 Å². The molecule has 0 fully saturated rings. The van der Waals surface area contributed by atoms with Crippen molar-refractivity contribution in [2.75, 3.05) is 20.2 Å². The number of rotatable bonds is 5. The molecule has 0 spiro atoms. The van der Waals surface area contributed by atoms with Gasteiger partial charge in [0.2, 0.25) is 5.91 Å². The summed E-state index contributed by atoms with van der Waals surface area (Å²) in [5.41, 5.74) is 3.24. The predicted octanol–water partition coefficient (Wildman–Crippen LogP) is 1.40. The smallest absolute Gasteiger partial charge is 0.417 e. The van der Waals surface area contributed by atoms with E-state index in [9.17, 15) is 18.0 Å². The number of likely N-dealkylation sites (N-methyl/N-ethyl adjacent to an activating group) is 1. The van der Waals surface area contributed by atoms with Gasteiger partial charge in [-0.25, -0.2) is 0 Å². The summed E-state index contributed by atoms with van der Waals surface area (Å²) in [7, 11) is 1.70. The summed E-state index contributed by atoms with van der Waals surface area (Å²) in [6.07, 6.45) is -4.65. The van der Waals surface area contributed by atoms with Crippen LogP contribution in [0.3, 0.4) is 0 Å². The Kier molecular flexibility index (Phi) is 4.55. The Bertz CT molecular complexity index is 433. The van der Waals surface area contributed by atoms with E-state index in [1.165, 1.54) is 6.07 Å². The van der Waals surface area contributed by atoms with Crippen molar-refractivity contribution in [3.63, 3.8) is 0 Å². The molecule has 0 radical (unpaired) electrons. The van der Waals surface area contributed by atoms with Crippen molar-refractivity contribution in [3.05, 3.63) is 29.3 Å². The van der Waals surface area contributed by atoms with E-state index in [2.05, 4.69) is 5.32 Å². The highest BCUT2D eigenvalue weighted by Gasteiger charge is 2.35. The van der Waals surface area contributed by atoms with Gasteiger partial charge in [0.1, 0.15) is 12.4 Å². The fraction of sp³-hybridized carbons (Fsp3) is 0.364. The Morgan fingerprint density at radius 1 is 1.44 bits per heavy atom. The molecule has 0 saturated heterocycles. The monoisotopic (exact) mass is 262 g/mol. The molecule has 0 bridgehead atoms. The van der Waals surface area contributed by atoms with E-state index in [0.717, 1.165) is 12.1 Å². The van der Waals surface area contributed by atoms with Crippen LogP contribution in [-0.4, -0.2) is 26.1 Å². The number of carbonyl (C=O) groups excluding carboxylic acids is 1. The van der Waals surface area contributed by atoms with Gasteiger partial charge in [-0.1, -0.05) is 0 Å². The Balaban J connectivity index is 3.02. The minimum atomic E-state index is -4.65. The fourth-order valence-corrected chi connectivity index (χ4v) is 1.33. The zero-order valence-electron chi connectivity index (χ0n) is 9.67. The van der Waals surface area contributed by atoms with E-state index in [-0.39, 0.29) is 12.4 Å². The Morgan fingerprint density at radius 2 is 2.11 bits per heavy atom. The number of hydrogen-bond acceptors (Lipinski definition) is 3. The number of hydrogen-bond donors (Lipinski definition) is 2. The van der Waals surface area contributed by atoms with Crippen LogP contribution in [0.1, 0.15) is 15.9 Å². The summed E-state index contributed by atoms with van der Waals surface area (Å²) in [6, 6.07) is 3.07. The van der Waals surface area contributed by atoms with Gasteiger partial charge in [0.15, 0.2) is 0 Å². The van der Waals surface area contributed by atoms with Crippen LogP contribution in [0.4, 0.5) is 13.2 Å². The highest BCUT2D eigenvalue weighted by Crippen LogP contribution is 2.34. The van der Waals surface area contributed by atoms with E-state index >= 15 is 0 Å². The van der Waals surface area contributed by atoms with Crippen molar-refractivity contribution in [1.82, 2.24) is 5.32 Å². The molecule has 1 aromatic carbocycles. The normalized spacial score (nSPS) is 11.3. The summed E-state index contributed by atoms with van der Waals surface area (Å²) in [5.74, 6) is -1.08. The third-order valence-corrected chi connectivity index (χ3v) is 2.18. The minimum Gasteiger partial charge on any atom is -0.492 e. The van der Waals surface area contributed by atoms with Crippen molar-refractivity contribution in [2.24, 2.45) is 5.73 Å². The third kappa shape index (κ3) is 3.63. The lowest BCUT2D eigenvalue weighted by molar-refractivity contribution is -0.138. The maximum atomic E-state index is 12.7. The second-order valence-electron chi connectivity index (χ2n) is 3.52. The third-order valence-electron chi connectivity index (χ3n) is 2.18. The molecule has 0 aliphatic rings. The molecule has 100 valence electrons. The standard InChI is InChI=1S/C11H13F3N2O2/c1-16-4-5-18-7-2-3-8(10(15)17)9(6-7)11(12,13)14/h2-3,6,16H,4-5H2,1H3,(H2,15,17). The van der Waals surface area contributed by atoms with Crippen LogP contribution in [0.2, 0.25) is 0 Å². The lowest BCUT2D eigenvalue weighted by Crippen LogP contribution is -2.19. The molecule has 0 heterocycles. The van der Waals surface area contributed by atoms with Crippen LogP contribution in [-0.2, 0) is 6.18 Å². The number of halogens is 3. The van der Waals surface area contributed by atoms with Gasteiger partial charge in [-0.2, -0.15) is 13.2 Å². The first-order chi connectivity index (χ1) is 8.36. The second-order valence-corrected chi connectivity index (χ2v) is 3.52. The van der Waals surface area contributed by atoms with Gasteiger partial charge in [-0.05, 0) is 25.2 Å². The lowest BCUT2D eigenvalue weighted by Gasteiger charge is -2.13. The highest BCUT2D eigenvalue weighted by atomic mass is 19.4. The molecule has 1 rings (SSSR count). The minimum absolute atomic E-state index is 0.0441. The van der Waals surface area contributed by atoms with Crippen molar-refractivity contribution in [2.45, 2.75) is 6.18 Å². The number of nitrogens with two attached hydrogens (primary N) is 1. The van der Waals surface area contributed by atoms with Crippen LogP contribution in [0.25, 0.3) is 0 Å². The molecule has 4 nitrogen and oxygen atoms in total. The molecule has 3 N–H and O–H groups in total. The Labute approximate surface area is 102 Å². The van der Waals surface area contributed by atoms with Gasteiger partial charge < -0.3 is 15.8 Å². The van der Waals surface area contributed by atoms with Gasteiger partial charge >= 0.3 is 6.18 Å². The number of nitrogens with one attached hydrogen (secondary N) is 1. The topological polar surface area (TPSA) is 64.3 Å². The molecule has 0 aromatic heterocycles. The fourth-order valence-electron chi connectivity index (χ4n) is 1.33. The van der Waals surface area contributed by atoms with Gasteiger partial charge in [-0.3, -0.25) is 4.79 Å². The van der Waals surface area contributed by atoms with Crippen LogP contribution >= 0.6 is 0 Å². The van der Waals surface area contributed by atoms with Crippen LogP contribution < -0.4 is 15.8 Å². The first kappa shape index (κ1) is 14.3. The molecule has 7 heteroatoms. The molecule has 1 aromatic rings. The van der Waals surface area contributed by atoms with Crippen molar-refractivity contribution in [3.8, 4) is 5.75 Å². The number of carbonyl (C=O) groups is 1. The molecule has 0 aliphatic carbocycles. The summed E-state index contributed by atoms with van der Waals surface area (Å²) in [4.78, 5) is 10.9. The van der Waals surface area contributed by atoms with Crippen molar-refractivity contribution in [1.29, 1.82) is 0 Å².